The lowest BCUT2D eigenvalue weighted by atomic mass is 9.93. The van der Waals surface area contributed by atoms with Gasteiger partial charge in [-0.15, -0.1) is 0 Å². The van der Waals surface area contributed by atoms with Crippen molar-refractivity contribution in [1.82, 2.24) is 0 Å². The van der Waals surface area contributed by atoms with Crippen LogP contribution in [0, 0.1) is 5.92 Å². The van der Waals surface area contributed by atoms with E-state index in [4.69, 9.17) is 36.3 Å². The Balaban J connectivity index is 0.000000916. The molecule has 34 heavy (non-hydrogen) atoms. The van der Waals surface area contributed by atoms with Gasteiger partial charge in [0, 0.05) is 6.42 Å². The minimum atomic E-state index is -1.23. The quantitative estimate of drug-likeness (QED) is 0.235. The standard InChI is InChI=1S/C17H23NO6.C5H9NO4/c1-17(2,3)24-16(22)23-15(21)12(10-13(18)14(19)20)9-11-7-5-4-6-8-11;6-3(5(9)10)1-2-4(7)8/h4-8,12-13H,9-10,18H2,1-3H3,(H,19,20);3H,1-2,6H2,(H,7,8)(H,9,10)/t12?,13-;3-/m00/s1. The minimum absolute atomic E-state index is 0.0231. The minimum Gasteiger partial charge on any atom is -0.481 e. The second-order valence-corrected chi connectivity index (χ2v) is 8.33. The monoisotopic (exact) mass is 484 g/mol. The number of esters is 1. The van der Waals surface area contributed by atoms with Crippen molar-refractivity contribution in [2.24, 2.45) is 17.4 Å². The van der Waals surface area contributed by atoms with Crippen LogP contribution in [0.15, 0.2) is 30.3 Å². The van der Waals surface area contributed by atoms with Crippen molar-refractivity contribution in [3.8, 4) is 0 Å². The molecule has 0 bridgehead atoms. The molecule has 0 saturated carbocycles. The van der Waals surface area contributed by atoms with Crippen LogP contribution in [0.3, 0.4) is 0 Å². The van der Waals surface area contributed by atoms with Crippen LogP contribution in [0.25, 0.3) is 0 Å². The van der Waals surface area contributed by atoms with E-state index in [0.717, 1.165) is 5.56 Å². The molecule has 7 N–H and O–H groups in total. The van der Waals surface area contributed by atoms with Gasteiger partial charge in [-0.05, 0) is 45.6 Å². The summed E-state index contributed by atoms with van der Waals surface area (Å²) in [7, 11) is 0. The molecule has 1 aromatic carbocycles. The first-order valence-electron chi connectivity index (χ1n) is 10.3. The van der Waals surface area contributed by atoms with Crippen molar-refractivity contribution in [3.63, 3.8) is 0 Å². The van der Waals surface area contributed by atoms with Gasteiger partial charge in [-0.1, -0.05) is 30.3 Å². The number of carbonyl (C=O) groups is 5. The van der Waals surface area contributed by atoms with E-state index >= 15 is 0 Å². The van der Waals surface area contributed by atoms with Crippen LogP contribution in [-0.4, -0.2) is 63.0 Å². The van der Waals surface area contributed by atoms with Crippen LogP contribution in [-0.2, 0) is 35.1 Å². The van der Waals surface area contributed by atoms with Gasteiger partial charge in [-0.3, -0.25) is 19.2 Å². The predicted molar refractivity (Wildman–Crippen MR) is 119 cm³/mol. The van der Waals surface area contributed by atoms with E-state index in [1.165, 1.54) is 0 Å². The van der Waals surface area contributed by atoms with E-state index in [1.54, 1.807) is 45.0 Å². The molecule has 0 aromatic heterocycles. The summed E-state index contributed by atoms with van der Waals surface area (Å²) < 4.78 is 9.62. The molecule has 0 fully saturated rings. The SMILES string of the molecule is CC(C)(C)OC(=O)OC(=O)C(Cc1ccccc1)C[C@H](N)C(=O)O.N[C@@H](CCC(=O)O)C(=O)O. The van der Waals surface area contributed by atoms with E-state index < -0.39 is 53.6 Å². The Hall–Kier alpha value is -3.51. The van der Waals surface area contributed by atoms with Gasteiger partial charge in [-0.25, -0.2) is 4.79 Å². The summed E-state index contributed by atoms with van der Waals surface area (Å²) in [5.41, 5.74) is 10.5. The topological polar surface area (TPSA) is 217 Å². The summed E-state index contributed by atoms with van der Waals surface area (Å²) in [4.78, 5) is 54.7. The van der Waals surface area contributed by atoms with Crippen LogP contribution in [0.4, 0.5) is 4.79 Å². The summed E-state index contributed by atoms with van der Waals surface area (Å²) in [5.74, 6) is -5.15. The van der Waals surface area contributed by atoms with E-state index in [2.05, 4.69) is 0 Å². The first kappa shape index (κ1) is 30.5. The van der Waals surface area contributed by atoms with Gasteiger partial charge in [0.25, 0.3) is 0 Å². The fourth-order valence-electron chi connectivity index (χ4n) is 2.41. The van der Waals surface area contributed by atoms with Crippen LogP contribution in [0.5, 0.6) is 0 Å². The van der Waals surface area contributed by atoms with Crippen molar-refractivity contribution in [2.45, 2.75) is 64.1 Å². The summed E-state index contributed by atoms with van der Waals surface area (Å²) in [6.45, 7) is 4.92. The summed E-state index contributed by atoms with van der Waals surface area (Å²) >= 11 is 0. The zero-order valence-electron chi connectivity index (χ0n) is 19.3. The number of carbonyl (C=O) groups excluding carboxylic acids is 2. The lowest BCUT2D eigenvalue weighted by Crippen LogP contribution is -2.36. The van der Waals surface area contributed by atoms with Crippen molar-refractivity contribution in [1.29, 1.82) is 0 Å². The molecule has 0 spiro atoms. The normalized spacial score (nSPS) is 13.3. The number of ether oxygens (including phenoxy) is 2. The third-order valence-electron chi connectivity index (χ3n) is 4.07. The molecule has 12 nitrogen and oxygen atoms in total. The first-order valence-corrected chi connectivity index (χ1v) is 10.3. The Kier molecular flexibility index (Phi) is 13.1. The Morgan fingerprint density at radius 3 is 1.88 bits per heavy atom. The average molecular weight is 485 g/mol. The molecule has 0 aliphatic rings. The van der Waals surface area contributed by atoms with Gasteiger partial charge in [0.2, 0.25) is 0 Å². The highest BCUT2D eigenvalue weighted by atomic mass is 16.7. The van der Waals surface area contributed by atoms with Crippen molar-refractivity contribution in [3.05, 3.63) is 35.9 Å². The lowest BCUT2D eigenvalue weighted by Gasteiger charge is -2.21. The molecular weight excluding hydrogens is 452 g/mol. The molecule has 3 atom stereocenters. The molecule has 0 heterocycles. The lowest BCUT2D eigenvalue weighted by molar-refractivity contribution is -0.147. The van der Waals surface area contributed by atoms with Crippen molar-refractivity contribution in [2.75, 3.05) is 0 Å². The van der Waals surface area contributed by atoms with Gasteiger partial charge >= 0.3 is 30.0 Å². The van der Waals surface area contributed by atoms with E-state index in [1.807, 2.05) is 6.07 Å². The summed E-state index contributed by atoms with van der Waals surface area (Å²) in [6, 6.07) is 6.70. The third-order valence-corrected chi connectivity index (χ3v) is 4.07. The first-order chi connectivity index (χ1) is 15.6. The van der Waals surface area contributed by atoms with Crippen molar-refractivity contribution < 1.29 is 48.8 Å². The van der Waals surface area contributed by atoms with Crippen LogP contribution in [0.2, 0.25) is 0 Å². The third kappa shape index (κ3) is 14.5. The number of hydrogen-bond acceptors (Lipinski definition) is 9. The number of carboxylic acid groups (broad SMARTS) is 3. The Labute approximate surface area is 196 Å². The molecule has 0 aliphatic heterocycles. The largest absolute Gasteiger partial charge is 0.516 e. The molecule has 0 saturated heterocycles. The van der Waals surface area contributed by atoms with Gasteiger partial charge in [-0.2, -0.15) is 0 Å². The zero-order valence-corrected chi connectivity index (χ0v) is 19.3. The number of benzene rings is 1. The van der Waals surface area contributed by atoms with Crippen LogP contribution in [0.1, 0.15) is 45.6 Å². The summed E-state index contributed by atoms with van der Waals surface area (Å²) in [5, 5.41) is 25.2. The van der Waals surface area contributed by atoms with E-state index in [9.17, 15) is 24.0 Å². The molecule has 12 heteroatoms. The predicted octanol–water partition coefficient (Wildman–Crippen LogP) is 1.39. The highest BCUT2D eigenvalue weighted by Gasteiger charge is 2.29. The Morgan fingerprint density at radius 2 is 1.44 bits per heavy atom. The molecule has 0 aliphatic carbocycles. The van der Waals surface area contributed by atoms with Gasteiger partial charge in [0.1, 0.15) is 17.7 Å². The highest BCUT2D eigenvalue weighted by Crippen LogP contribution is 2.17. The maximum absolute atomic E-state index is 12.2. The Morgan fingerprint density at radius 1 is 0.912 bits per heavy atom. The average Bonchev–Trinajstić information content (AvgIpc) is 2.70. The zero-order chi connectivity index (χ0) is 26.5. The number of carboxylic acids is 3. The highest BCUT2D eigenvalue weighted by molar-refractivity contribution is 5.84. The Bertz CT molecular complexity index is 836. The molecule has 1 aromatic rings. The van der Waals surface area contributed by atoms with Crippen LogP contribution < -0.4 is 11.5 Å². The molecular formula is C22H32N2O10. The number of aliphatic carboxylic acids is 3. The molecule has 190 valence electrons. The molecule has 1 rings (SSSR count). The van der Waals surface area contributed by atoms with Crippen LogP contribution >= 0.6 is 0 Å². The van der Waals surface area contributed by atoms with Crippen molar-refractivity contribution >= 4 is 30.0 Å². The maximum Gasteiger partial charge on any atom is 0.516 e. The van der Waals surface area contributed by atoms with E-state index in [0.29, 0.717) is 0 Å². The van der Waals surface area contributed by atoms with E-state index in [-0.39, 0.29) is 25.7 Å². The van der Waals surface area contributed by atoms with Gasteiger partial charge < -0.3 is 36.3 Å². The van der Waals surface area contributed by atoms with Gasteiger partial charge in [0.15, 0.2) is 0 Å². The fourth-order valence-corrected chi connectivity index (χ4v) is 2.41. The molecule has 0 amide bonds. The molecule has 0 radical (unpaired) electrons. The maximum atomic E-state index is 12.2. The summed E-state index contributed by atoms with van der Waals surface area (Å²) in [6.07, 6.45) is -1.28. The fraction of sp³-hybridized carbons (Fsp3) is 0.500. The molecule has 1 unspecified atom stereocenters. The second-order valence-electron chi connectivity index (χ2n) is 8.33. The number of nitrogens with two attached hydrogens (primary N) is 2. The second kappa shape index (κ2) is 14.6. The smallest absolute Gasteiger partial charge is 0.481 e. The number of rotatable bonds is 10. The number of hydrogen-bond donors (Lipinski definition) is 5. The van der Waals surface area contributed by atoms with Gasteiger partial charge in [0.05, 0.1) is 5.92 Å².